The summed E-state index contributed by atoms with van der Waals surface area (Å²) in [5.74, 6) is 0.0104. The zero-order chi connectivity index (χ0) is 25.6. The van der Waals surface area contributed by atoms with Gasteiger partial charge in [0, 0.05) is 42.3 Å². The molecule has 1 saturated carbocycles. The van der Waals surface area contributed by atoms with Gasteiger partial charge in [0.05, 0.1) is 0 Å². The Labute approximate surface area is 218 Å². The third-order valence-corrected chi connectivity index (χ3v) is 7.60. The van der Waals surface area contributed by atoms with E-state index in [1.54, 1.807) is 6.20 Å². The van der Waals surface area contributed by atoms with Crippen LogP contribution in [0.1, 0.15) is 73.6 Å². The minimum Gasteiger partial charge on any atom is -0.480 e. The molecule has 2 aromatic heterocycles. The average molecular weight is 508 g/mol. The Balaban J connectivity index is 1.06. The first-order valence-electron chi connectivity index (χ1n) is 13.7. The second-order valence-electron chi connectivity index (χ2n) is 10.4. The Hall–Kier alpha value is -3.20. The number of aryl methyl sites for hydroxylation is 3. The molecule has 9 nitrogen and oxygen atoms in total. The molecule has 3 N–H and O–H groups in total. The van der Waals surface area contributed by atoms with E-state index in [-0.39, 0.29) is 6.10 Å². The lowest BCUT2D eigenvalue weighted by atomic mass is 10.1. The number of ether oxygens (including phenoxy) is 1. The predicted molar refractivity (Wildman–Crippen MR) is 140 cm³/mol. The molecule has 1 amide bonds. The summed E-state index contributed by atoms with van der Waals surface area (Å²) in [6.07, 6.45) is 10.0. The highest BCUT2D eigenvalue weighted by Gasteiger charge is 2.31. The number of fused-ring (bicyclic) bond motifs is 2. The normalized spacial score (nSPS) is 19.0. The summed E-state index contributed by atoms with van der Waals surface area (Å²) in [7, 11) is 0. The number of carbonyl (C=O) groups excluding carboxylic acids is 1. The molecule has 0 spiro atoms. The van der Waals surface area contributed by atoms with E-state index in [4.69, 9.17) is 9.72 Å². The molecule has 2 atom stereocenters. The molecule has 2 aliphatic carbocycles. The quantitative estimate of drug-likeness (QED) is 0.371. The highest BCUT2D eigenvalue weighted by atomic mass is 16.6. The number of amides is 1. The van der Waals surface area contributed by atoms with Crippen LogP contribution in [0.25, 0.3) is 0 Å². The van der Waals surface area contributed by atoms with Crippen molar-refractivity contribution in [3.8, 4) is 0 Å². The summed E-state index contributed by atoms with van der Waals surface area (Å²) in [5, 5.41) is 15.7. The van der Waals surface area contributed by atoms with E-state index in [0.29, 0.717) is 25.4 Å². The largest absolute Gasteiger partial charge is 0.480 e. The number of rotatable bonds is 12. The molecule has 3 aliphatic rings. The van der Waals surface area contributed by atoms with E-state index in [1.165, 1.54) is 5.56 Å². The number of unbranched alkanes of at least 4 members (excludes halogenated alkanes) is 1. The molecule has 1 aliphatic heterocycles. The van der Waals surface area contributed by atoms with Crippen LogP contribution in [0.2, 0.25) is 0 Å². The molecular weight excluding hydrogens is 470 g/mol. The number of carboxylic acid groups (broad SMARTS) is 1. The summed E-state index contributed by atoms with van der Waals surface area (Å²) in [4.78, 5) is 35.9. The molecular formula is C28H37N5O4. The zero-order valence-corrected chi connectivity index (χ0v) is 21.3. The van der Waals surface area contributed by atoms with Gasteiger partial charge in [-0.05, 0) is 88.4 Å². The Morgan fingerprint density at radius 2 is 2.05 bits per heavy atom. The Morgan fingerprint density at radius 1 is 1.16 bits per heavy atom. The molecule has 1 unspecified atom stereocenters. The van der Waals surface area contributed by atoms with E-state index < -0.39 is 18.1 Å². The summed E-state index contributed by atoms with van der Waals surface area (Å²) in [6, 6.07) is 7.63. The van der Waals surface area contributed by atoms with Gasteiger partial charge in [-0.2, -0.15) is 0 Å². The third-order valence-electron chi connectivity index (χ3n) is 7.60. The Morgan fingerprint density at radius 3 is 2.89 bits per heavy atom. The number of pyridine rings is 2. The van der Waals surface area contributed by atoms with Gasteiger partial charge in [-0.3, -0.25) is 4.98 Å². The van der Waals surface area contributed by atoms with Crippen LogP contribution in [0.15, 0.2) is 30.5 Å². The summed E-state index contributed by atoms with van der Waals surface area (Å²) >= 11 is 0. The van der Waals surface area contributed by atoms with E-state index in [0.717, 1.165) is 87.2 Å². The van der Waals surface area contributed by atoms with Crippen molar-refractivity contribution in [2.75, 3.05) is 25.0 Å². The number of aromatic nitrogens is 2. The maximum atomic E-state index is 12.5. The topological polar surface area (TPSA) is 117 Å². The first-order chi connectivity index (χ1) is 18.1. The van der Waals surface area contributed by atoms with Crippen molar-refractivity contribution in [1.29, 1.82) is 0 Å². The standard InChI is InChI=1S/C28H37N5O4/c34-27(35)24(32-28(36)37-25-13-12-23-22(25)7-4-15-29-23)14-18-33(21-10-11-21)17-2-1-6-20-9-8-19-5-3-16-30-26(19)31-20/h4,7-9,15,21,24-25H,1-3,5-6,10-14,16-18H2,(H,30,31)(H,32,36)(H,34,35)/t24-,25?/m0/s1. The van der Waals surface area contributed by atoms with Crippen molar-refractivity contribution in [2.45, 2.75) is 82.4 Å². The number of carbonyl (C=O) groups is 2. The van der Waals surface area contributed by atoms with Gasteiger partial charge < -0.3 is 25.4 Å². The van der Waals surface area contributed by atoms with Crippen LogP contribution >= 0.6 is 0 Å². The summed E-state index contributed by atoms with van der Waals surface area (Å²) in [5.41, 5.74) is 4.28. The zero-order valence-electron chi connectivity index (χ0n) is 21.3. The highest BCUT2D eigenvalue weighted by molar-refractivity contribution is 5.80. The molecule has 9 heteroatoms. The third kappa shape index (κ3) is 6.77. The lowest BCUT2D eigenvalue weighted by Crippen LogP contribution is -2.44. The Kier molecular flexibility index (Phi) is 8.18. The van der Waals surface area contributed by atoms with Crippen LogP contribution in [0.3, 0.4) is 0 Å². The summed E-state index contributed by atoms with van der Waals surface area (Å²) < 4.78 is 5.56. The SMILES string of the molecule is O=C(N[C@@H](CCN(CCCCc1ccc2c(n1)NCCC2)C1CC1)C(=O)O)OC1CCc2ncccc21. The molecule has 1 fully saturated rings. The predicted octanol–water partition coefficient (Wildman–Crippen LogP) is 3.88. The number of alkyl carbamates (subject to hydrolysis) is 1. The number of nitrogens with zero attached hydrogens (tertiary/aromatic N) is 3. The van der Waals surface area contributed by atoms with Crippen molar-refractivity contribution >= 4 is 17.9 Å². The first kappa shape index (κ1) is 25.4. The molecule has 0 saturated heterocycles. The van der Waals surface area contributed by atoms with Crippen molar-refractivity contribution in [1.82, 2.24) is 20.2 Å². The fraction of sp³-hybridized carbons (Fsp3) is 0.571. The van der Waals surface area contributed by atoms with Crippen LogP contribution in [0.5, 0.6) is 0 Å². The van der Waals surface area contributed by atoms with Crippen LogP contribution in [-0.2, 0) is 28.8 Å². The number of hydrogen-bond acceptors (Lipinski definition) is 7. The molecule has 5 rings (SSSR count). The van der Waals surface area contributed by atoms with Gasteiger partial charge in [-0.15, -0.1) is 0 Å². The second kappa shape index (κ2) is 11.9. The van der Waals surface area contributed by atoms with Crippen LogP contribution < -0.4 is 10.6 Å². The van der Waals surface area contributed by atoms with Gasteiger partial charge in [-0.1, -0.05) is 12.1 Å². The van der Waals surface area contributed by atoms with Crippen molar-refractivity contribution in [3.63, 3.8) is 0 Å². The Bertz CT molecular complexity index is 1110. The van der Waals surface area contributed by atoms with Gasteiger partial charge in [0.25, 0.3) is 0 Å². The van der Waals surface area contributed by atoms with Crippen molar-refractivity contribution in [2.24, 2.45) is 0 Å². The maximum Gasteiger partial charge on any atom is 0.408 e. The molecule has 0 radical (unpaired) electrons. The maximum absolute atomic E-state index is 12.5. The molecule has 3 heterocycles. The molecule has 0 aromatic carbocycles. The fourth-order valence-corrected chi connectivity index (χ4v) is 5.40. The van der Waals surface area contributed by atoms with Crippen molar-refractivity contribution < 1.29 is 19.4 Å². The van der Waals surface area contributed by atoms with E-state index in [2.05, 4.69) is 32.7 Å². The lowest BCUT2D eigenvalue weighted by molar-refractivity contribution is -0.139. The first-order valence-corrected chi connectivity index (χ1v) is 13.7. The van der Waals surface area contributed by atoms with Gasteiger partial charge in [0.1, 0.15) is 18.0 Å². The minimum atomic E-state index is -1.03. The van der Waals surface area contributed by atoms with E-state index >= 15 is 0 Å². The van der Waals surface area contributed by atoms with Gasteiger partial charge in [0.2, 0.25) is 0 Å². The lowest BCUT2D eigenvalue weighted by Gasteiger charge is -2.24. The number of anilines is 1. The summed E-state index contributed by atoms with van der Waals surface area (Å²) in [6.45, 7) is 2.56. The van der Waals surface area contributed by atoms with E-state index in [9.17, 15) is 14.7 Å². The van der Waals surface area contributed by atoms with Gasteiger partial charge in [-0.25, -0.2) is 14.6 Å². The fourth-order valence-electron chi connectivity index (χ4n) is 5.40. The van der Waals surface area contributed by atoms with Crippen LogP contribution in [-0.4, -0.2) is 63.8 Å². The monoisotopic (exact) mass is 507 g/mol. The number of aliphatic carboxylic acids is 1. The molecule has 0 bridgehead atoms. The van der Waals surface area contributed by atoms with Gasteiger partial charge in [0.15, 0.2) is 0 Å². The van der Waals surface area contributed by atoms with E-state index in [1.807, 2.05) is 12.1 Å². The highest BCUT2D eigenvalue weighted by Crippen LogP contribution is 2.32. The van der Waals surface area contributed by atoms with Crippen LogP contribution in [0, 0.1) is 0 Å². The van der Waals surface area contributed by atoms with Gasteiger partial charge >= 0.3 is 12.1 Å². The number of nitrogens with one attached hydrogen (secondary N) is 2. The average Bonchev–Trinajstić information content (AvgIpc) is 3.68. The molecule has 2 aromatic rings. The number of hydrogen-bond donors (Lipinski definition) is 3. The number of carboxylic acids is 1. The van der Waals surface area contributed by atoms with Crippen LogP contribution in [0.4, 0.5) is 10.6 Å². The molecule has 37 heavy (non-hydrogen) atoms. The van der Waals surface area contributed by atoms with Crippen molar-refractivity contribution in [3.05, 3.63) is 53.0 Å². The second-order valence-corrected chi connectivity index (χ2v) is 10.4. The smallest absolute Gasteiger partial charge is 0.408 e. The molecule has 198 valence electrons. The minimum absolute atomic E-state index is 0.349.